The van der Waals surface area contributed by atoms with Crippen molar-refractivity contribution in [3.8, 4) is 0 Å². The van der Waals surface area contributed by atoms with Crippen LogP contribution in [0.5, 0.6) is 0 Å². The summed E-state index contributed by atoms with van der Waals surface area (Å²) in [5.41, 5.74) is 1.29. The Labute approximate surface area is 144 Å². The standard InChI is InChI=1S/C18H30N4O2/c1-20-13-15(12-19-20)14-22-9-11-24-18-16(22)4-5-17(18)23-10-8-21-6-2-3-7-21/h12-13,16-18H,2-11,14H2,1H3/t16-,17+,18+/m1/s1. The van der Waals surface area contributed by atoms with Gasteiger partial charge in [0.05, 0.1) is 31.6 Å². The Hall–Kier alpha value is -0.950. The lowest BCUT2D eigenvalue weighted by atomic mass is 10.1. The van der Waals surface area contributed by atoms with Gasteiger partial charge in [-0.2, -0.15) is 5.10 Å². The quantitative estimate of drug-likeness (QED) is 0.784. The average Bonchev–Trinajstić information content (AvgIpc) is 3.30. The number of fused-ring (bicyclic) bond motifs is 1. The smallest absolute Gasteiger partial charge is 0.0992 e. The highest BCUT2D eigenvalue weighted by Crippen LogP contribution is 2.33. The van der Waals surface area contributed by atoms with Crippen LogP contribution in [0.1, 0.15) is 31.2 Å². The van der Waals surface area contributed by atoms with Crippen LogP contribution in [0.15, 0.2) is 12.4 Å². The Morgan fingerprint density at radius 1 is 1.25 bits per heavy atom. The van der Waals surface area contributed by atoms with Gasteiger partial charge in [0.15, 0.2) is 0 Å². The van der Waals surface area contributed by atoms with Crippen LogP contribution in [0.2, 0.25) is 0 Å². The summed E-state index contributed by atoms with van der Waals surface area (Å²) in [4.78, 5) is 5.08. The van der Waals surface area contributed by atoms with Crippen molar-refractivity contribution in [2.75, 3.05) is 39.4 Å². The first-order valence-electron chi connectivity index (χ1n) is 9.47. The summed E-state index contributed by atoms with van der Waals surface area (Å²) in [6, 6.07) is 0.496. The van der Waals surface area contributed by atoms with Gasteiger partial charge in [0.25, 0.3) is 0 Å². The highest BCUT2D eigenvalue weighted by Gasteiger charge is 2.43. The zero-order chi connectivity index (χ0) is 16.4. The second kappa shape index (κ2) is 7.52. The molecule has 6 nitrogen and oxygen atoms in total. The Balaban J connectivity index is 1.29. The zero-order valence-corrected chi connectivity index (χ0v) is 14.8. The molecule has 24 heavy (non-hydrogen) atoms. The van der Waals surface area contributed by atoms with Gasteiger partial charge >= 0.3 is 0 Å². The Kier molecular flexibility index (Phi) is 5.17. The molecule has 0 amide bonds. The molecule has 3 fully saturated rings. The predicted molar refractivity (Wildman–Crippen MR) is 91.8 cm³/mol. The molecular formula is C18H30N4O2. The summed E-state index contributed by atoms with van der Waals surface area (Å²) in [5, 5.41) is 4.29. The number of rotatable bonds is 6. The molecule has 1 aromatic rings. The minimum absolute atomic E-state index is 0.244. The fourth-order valence-electron chi connectivity index (χ4n) is 4.49. The molecule has 1 saturated carbocycles. The van der Waals surface area contributed by atoms with Crippen molar-refractivity contribution in [2.24, 2.45) is 7.05 Å². The lowest BCUT2D eigenvalue weighted by molar-refractivity contribution is -0.116. The number of ether oxygens (including phenoxy) is 2. The fraction of sp³-hybridized carbons (Fsp3) is 0.833. The highest BCUT2D eigenvalue weighted by molar-refractivity contribution is 5.06. The van der Waals surface area contributed by atoms with Gasteiger partial charge < -0.3 is 14.4 Å². The third-order valence-electron chi connectivity index (χ3n) is 5.73. The molecule has 134 valence electrons. The zero-order valence-electron chi connectivity index (χ0n) is 14.8. The van der Waals surface area contributed by atoms with E-state index in [1.165, 1.54) is 37.9 Å². The van der Waals surface area contributed by atoms with Crippen LogP contribution in [-0.2, 0) is 23.1 Å². The maximum atomic E-state index is 6.23. The van der Waals surface area contributed by atoms with Gasteiger partial charge in [-0.05, 0) is 38.8 Å². The van der Waals surface area contributed by atoms with Gasteiger partial charge in [0.2, 0.25) is 0 Å². The van der Waals surface area contributed by atoms with E-state index in [4.69, 9.17) is 9.47 Å². The van der Waals surface area contributed by atoms with E-state index in [1.54, 1.807) is 0 Å². The summed E-state index contributed by atoms with van der Waals surface area (Å²) in [7, 11) is 1.98. The maximum absolute atomic E-state index is 6.23. The fourth-order valence-corrected chi connectivity index (χ4v) is 4.49. The molecule has 0 N–H and O–H groups in total. The van der Waals surface area contributed by atoms with Crippen LogP contribution >= 0.6 is 0 Å². The van der Waals surface area contributed by atoms with Crippen molar-refractivity contribution in [3.05, 3.63) is 18.0 Å². The number of nitrogens with zero attached hydrogens (tertiary/aromatic N) is 4. The first-order chi connectivity index (χ1) is 11.8. The number of hydrogen-bond acceptors (Lipinski definition) is 5. The Morgan fingerprint density at radius 3 is 2.92 bits per heavy atom. The van der Waals surface area contributed by atoms with Gasteiger partial charge in [0.1, 0.15) is 0 Å². The first kappa shape index (κ1) is 16.5. The van der Waals surface area contributed by atoms with E-state index in [0.29, 0.717) is 6.04 Å². The maximum Gasteiger partial charge on any atom is 0.0992 e. The van der Waals surface area contributed by atoms with E-state index in [2.05, 4.69) is 21.1 Å². The molecule has 6 heteroatoms. The van der Waals surface area contributed by atoms with Crippen LogP contribution in [0.4, 0.5) is 0 Å². The van der Waals surface area contributed by atoms with E-state index in [9.17, 15) is 0 Å². The summed E-state index contributed by atoms with van der Waals surface area (Å²) >= 11 is 0. The average molecular weight is 334 g/mol. The molecule has 4 rings (SSSR count). The SMILES string of the molecule is Cn1cc(CN2CCO[C@@H]3[C@@H](OCCN4CCCC4)CC[C@H]32)cn1. The van der Waals surface area contributed by atoms with Crippen molar-refractivity contribution in [2.45, 2.75) is 50.5 Å². The Bertz CT molecular complexity index is 529. The van der Waals surface area contributed by atoms with E-state index in [-0.39, 0.29) is 12.2 Å². The summed E-state index contributed by atoms with van der Waals surface area (Å²) in [5.74, 6) is 0. The van der Waals surface area contributed by atoms with Gasteiger partial charge in [-0.15, -0.1) is 0 Å². The molecule has 0 bridgehead atoms. The molecule has 1 aromatic heterocycles. The molecule has 1 aliphatic carbocycles. The molecule has 2 aliphatic heterocycles. The van der Waals surface area contributed by atoms with Crippen molar-refractivity contribution in [1.82, 2.24) is 19.6 Å². The number of aromatic nitrogens is 2. The van der Waals surface area contributed by atoms with Gasteiger partial charge in [-0.25, -0.2) is 0 Å². The van der Waals surface area contributed by atoms with Crippen molar-refractivity contribution in [3.63, 3.8) is 0 Å². The molecule has 0 spiro atoms. The third-order valence-corrected chi connectivity index (χ3v) is 5.73. The van der Waals surface area contributed by atoms with Gasteiger partial charge in [-0.3, -0.25) is 9.58 Å². The van der Waals surface area contributed by atoms with E-state index in [0.717, 1.165) is 39.3 Å². The van der Waals surface area contributed by atoms with Gasteiger partial charge in [-0.1, -0.05) is 0 Å². The topological polar surface area (TPSA) is 42.8 Å². The highest BCUT2D eigenvalue weighted by atomic mass is 16.5. The molecule has 0 unspecified atom stereocenters. The van der Waals surface area contributed by atoms with Crippen molar-refractivity contribution < 1.29 is 9.47 Å². The second-order valence-corrected chi connectivity index (χ2v) is 7.43. The van der Waals surface area contributed by atoms with Crippen LogP contribution < -0.4 is 0 Å². The van der Waals surface area contributed by atoms with Crippen LogP contribution in [-0.4, -0.2) is 77.2 Å². The van der Waals surface area contributed by atoms with Gasteiger partial charge in [0, 0.05) is 44.5 Å². The summed E-state index contributed by atoms with van der Waals surface area (Å²) in [6.07, 6.45) is 9.61. The van der Waals surface area contributed by atoms with Crippen molar-refractivity contribution in [1.29, 1.82) is 0 Å². The monoisotopic (exact) mass is 334 g/mol. The first-order valence-corrected chi connectivity index (χ1v) is 9.47. The number of aryl methyl sites for hydroxylation is 1. The minimum atomic E-state index is 0.244. The molecule has 3 atom stereocenters. The molecular weight excluding hydrogens is 304 g/mol. The number of morpholine rings is 1. The van der Waals surface area contributed by atoms with E-state index >= 15 is 0 Å². The Morgan fingerprint density at radius 2 is 2.12 bits per heavy atom. The lowest BCUT2D eigenvalue weighted by Crippen LogP contribution is -2.51. The minimum Gasteiger partial charge on any atom is -0.374 e. The third kappa shape index (κ3) is 3.67. The largest absolute Gasteiger partial charge is 0.374 e. The molecule has 3 heterocycles. The summed E-state index contributed by atoms with van der Waals surface area (Å²) < 4.78 is 14.2. The summed E-state index contributed by atoms with van der Waals surface area (Å²) in [6.45, 7) is 7.21. The molecule has 0 radical (unpaired) electrons. The predicted octanol–water partition coefficient (Wildman–Crippen LogP) is 1.26. The normalized spacial score (nSPS) is 31.6. The molecule has 2 saturated heterocycles. The number of hydrogen-bond donors (Lipinski definition) is 0. The van der Waals surface area contributed by atoms with Crippen LogP contribution in [0.25, 0.3) is 0 Å². The second-order valence-electron chi connectivity index (χ2n) is 7.43. The van der Waals surface area contributed by atoms with Crippen molar-refractivity contribution >= 4 is 0 Å². The molecule has 0 aromatic carbocycles. The number of likely N-dealkylation sites (tertiary alicyclic amines) is 1. The van der Waals surface area contributed by atoms with Crippen LogP contribution in [0.3, 0.4) is 0 Å². The van der Waals surface area contributed by atoms with Crippen LogP contribution in [0, 0.1) is 0 Å². The van der Waals surface area contributed by atoms with E-state index in [1.807, 2.05) is 17.9 Å². The molecule has 3 aliphatic rings. The van der Waals surface area contributed by atoms with E-state index < -0.39 is 0 Å². The lowest BCUT2D eigenvalue weighted by Gasteiger charge is -2.39.